The minimum atomic E-state index is 1.13. The minimum absolute atomic E-state index is 1.13. The second kappa shape index (κ2) is 13.3. The number of allylic oxidation sites excluding steroid dienone is 10. The van der Waals surface area contributed by atoms with Gasteiger partial charge in [0.25, 0.3) is 0 Å². The number of hydrogen-bond acceptors (Lipinski definition) is 1. The average molecular weight is 317 g/mol. The lowest BCUT2D eigenvalue weighted by atomic mass is 10.0. The summed E-state index contributed by atoms with van der Waals surface area (Å²) in [6, 6.07) is 0. The predicted molar refractivity (Wildman–Crippen MR) is 106 cm³/mol. The Morgan fingerprint density at radius 2 is 1.91 bits per heavy atom. The summed E-state index contributed by atoms with van der Waals surface area (Å²) >= 11 is 0. The lowest BCUT2D eigenvalue weighted by Crippen LogP contribution is -2.12. The third-order valence-electron chi connectivity index (χ3n) is 3.22. The summed E-state index contributed by atoms with van der Waals surface area (Å²) in [6.07, 6.45) is 18.8. The molecule has 0 radical (unpaired) electrons. The molecule has 0 aromatic carbocycles. The fraction of sp³-hybridized carbons (Fsp3) is 0.450. The Bertz CT molecular complexity index is 474. The molecule has 0 aromatic heterocycles. The molecule has 1 aliphatic carbocycles. The van der Waals surface area contributed by atoms with Gasteiger partial charge in [0, 0.05) is 19.8 Å². The molecule has 2 heteroatoms. The van der Waals surface area contributed by atoms with Crippen molar-refractivity contribution in [3.63, 3.8) is 0 Å². The van der Waals surface area contributed by atoms with Crippen LogP contribution < -0.4 is 0 Å². The van der Waals surface area contributed by atoms with Gasteiger partial charge in [0.1, 0.15) is 0 Å². The smallest absolute Gasteiger partial charge is 0.0131 e. The van der Waals surface area contributed by atoms with Crippen LogP contribution in [0.1, 0.15) is 40.5 Å². The highest BCUT2D eigenvalue weighted by atomic mass is 31.1. The molecule has 0 aromatic rings. The molecule has 0 atom stereocenters. The molecular weight excluding hydrogens is 285 g/mol. The normalized spacial score (nSPS) is 15.8. The van der Waals surface area contributed by atoms with Crippen molar-refractivity contribution >= 4 is 14.0 Å². The van der Waals surface area contributed by atoms with Crippen LogP contribution in [0.2, 0.25) is 0 Å². The minimum Gasteiger partial charge on any atom is -0.381 e. The molecule has 22 heavy (non-hydrogen) atoms. The van der Waals surface area contributed by atoms with Gasteiger partial charge >= 0.3 is 0 Å². The zero-order valence-electron chi connectivity index (χ0n) is 15.1. The fourth-order valence-corrected chi connectivity index (χ4v) is 2.34. The van der Waals surface area contributed by atoms with Crippen LogP contribution in [0, 0.1) is 0 Å². The van der Waals surface area contributed by atoms with Crippen LogP contribution in [0.15, 0.2) is 59.4 Å². The van der Waals surface area contributed by atoms with Crippen molar-refractivity contribution in [2.24, 2.45) is 0 Å². The molecule has 122 valence electrons. The first-order chi connectivity index (χ1) is 10.7. The quantitative estimate of drug-likeness (QED) is 0.428. The van der Waals surface area contributed by atoms with E-state index in [1.54, 1.807) is 0 Å². The summed E-state index contributed by atoms with van der Waals surface area (Å²) in [5.41, 5.74) is 4.07. The Labute approximate surface area is 139 Å². The molecule has 0 N–H and O–H groups in total. The Balaban J connectivity index is 0.00000211. The van der Waals surface area contributed by atoms with E-state index in [1.807, 2.05) is 13.8 Å². The highest BCUT2D eigenvalue weighted by Gasteiger charge is 2.05. The number of hydrogen-bond donors (Lipinski definition) is 0. The van der Waals surface area contributed by atoms with Gasteiger partial charge in [-0.15, -0.1) is 8.20 Å². The first-order valence-electron chi connectivity index (χ1n) is 8.25. The molecular formula is C20H32NP. The van der Waals surface area contributed by atoms with Crippen LogP contribution in [0.5, 0.6) is 0 Å². The standard InChI is InChI=1S/C18H26NP.C2H6/c1-5-16(8-7-15-20-6-2)9-10-17-11-13-18(14-12-17)19(3)4;1-2/h5,7-11,13,15H,6,12,14H2,1-4H3;1-2H3/b8-7-,10-9+,16-5+;. The van der Waals surface area contributed by atoms with Crippen molar-refractivity contribution in [3.8, 4) is 0 Å². The third kappa shape index (κ3) is 8.85. The molecule has 1 aliphatic rings. The molecule has 0 amide bonds. The average Bonchev–Trinajstić information content (AvgIpc) is 2.56. The summed E-state index contributed by atoms with van der Waals surface area (Å²) in [5, 5.41) is 0. The summed E-state index contributed by atoms with van der Waals surface area (Å²) in [5.74, 6) is 2.20. The maximum Gasteiger partial charge on any atom is 0.0131 e. The first-order valence-corrected chi connectivity index (χ1v) is 9.40. The Kier molecular flexibility index (Phi) is 12.5. The molecule has 0 saturated carbocycles. The van der Waals surface area contributed by atoms with E-state index in [1.165, 1.54) is 31.2 Å². The van der Waals surface area contributed by atoms with Gasteiger partial charge < -0.3 is 4.90 Å². The van der Waals surface area contributed by atoms with Gasteiger partial charge in [-0.3, -0.25) is 0 Å². The van der Waals surface area contributed by atoms with Gasteiger partial charge in [-0.05, 0) is 48.9 Å². The third-order valence-corrected chi connectivity index (χ3v) is 3.97. The summed E-state index contributed by atoms with van der Waals surface area (Å²) in [4.78, 5) is 2.19. The molecule has 0 unspecified atom stereocenters. The second-order valence-electron chi connectivity index (χ2n) is 4.92. The van der Waals surface area contributed by atoms with E-state index in [0.29, 0.717) is 0 Å². The summed E-state index contributed by atoms with van der Waals surface area (Å²) < 4.78 is 0. The second-order valence-corrected chi connectivity index (χ2v) is 6.22. The van der Waals surface area contributed by atoms with Gasteiger partial charge in [0.15, 0.2) is 0 Å². The van der Waals surface area contributed by atoms with Crippen LogP contribution in [0.25, 0.3) is 0 Å². The topological polar surface area (TPSA) is 3.24 Å². The van der Waals surface area contributed by atoms with Crippen molar-refractivity contribution in [1.29, 1.82) is 0 Å². The van der Waals surface area contributed by atoms with E-state index in [2.05, 4.69) is 81.2 Å². The van der Waals surface area contributed by atoms with E-state index >= 15 is 0 Å². The van der Waals surface area contributed by atoms with Crippen LogP contribution in [0.4, 0.5) is 0 Å². The molecule has 0 heterocycles. The number of nitrogens with zero attached hydrogens (tertiary/aromatic N) is 1. The zero-order chi connectivity index (χ0) is 16.8. The highest BCUT2D eigenvalue weighted by molar-refractivity contribution is 7.38. The highest BCUT2D eigenvalue weighted by Crippen LogP contribution is 2.20. The molecule has 0 bridgehead atoms. The molecule has 1 nitrogen and oxygen atoms in total. The van der Waals surface area contributed by atoms with E-state index in [0.717, 1.165) is 12.8 Å². The van der Waals surface area contributed by atoms with Crippen molar-refractivity contribution in [2.75, 3.05) is 20.3 Å². The van der Waals surface area contributed by atoms with Gasteiger partial charge in [0.2, 0.25) is 0 Å². The lowest BCUT2D eigenvalue weighted by Gasteiger charge is -2.20. The van der Waals surface area contributed by atoms with Gasteiger partial charge in [0.05, 0.1) is 0 Å². The maximum absolute atomic E-state index is 2.24. The number of rotatable bonds is 6. The molecule has 0 aliphatic heterocycles. The fourth-order valence-electron chi connectivity index (χ4n) is 1.93. The van der Waals surface area contributed by atoms with Crippen LogP contribution in [-0.4, -0.2) is 31.0 Å². The summed E-state index contributed by atoms with van der Waals surface area (Å²) in [6.45, 7) is 8.27. The van der Waals surface area contributed by atoms with Gasteiger partial charge in [-0.25, -0.2) is 0 Å². The van der Waals surface area contributed by atoms with E-state index in [-0.39, 0.29) is 0 Å². The van der Waals surface area contributed by atoms with Crippen LogP contribution >= 0.6 is 8.20 Å². The van der Waals surface area contributed by atoms with Crippen molar-refractivity contribution in [1.82, 2.24) is 4.90 Å². The van der Waals surface area contributed by atoms with Gasteiger partial charge in [-0.2, -0.15) is 0 Å². The van der Waals surface area contributed by atoms with E-state index < -0.39 is 0 Å². The van der Waals surface area contributed by atoms with Crippen LogP contribution in [-0.2, 0) is 0 Å². The van der Waals surface area contributed by atoms with Gasteiger partial charge in [-0.1, -0.05) is 57.2 Å². The molecule has 0 spiro atoms. The monoisotopic (exact) mass is 317 g/mol. The predicted octanol–water partition coefficient (Wildman–Crippen LogP) is 6.01. The van der Waals surface area contributed by atoms with Crippen molar-refractivity contribution < 1.29 is 0 Å². The van der Waals surface area contributed by atoms with Crippen LogP contribution in [0.3, 0.4) is 0 Å². The largest absolute Gasteiger partial charge is 0.381 e. The molecule has 1 rings (SSSR count). The summed E-state index contributed by atoms with van der Waals surface area (Å²) in [7, 11) is 5.59. The molecule has 0 fully saturated rings. The first kappa shape index (κ1) is 20.7. The zero-order valence-corrected chi connectivity index (χ0v) is 16.0. The Hall–Kier alpha value is -1.33. The molecule has 0 saturated heterocycles. The Morgan fingerprint density at radius 1 is 1.18 bits per heavy atom. The van der Waals surface area contributed by atoms with E-state index in [9.17, 15) is 0 Å². The Morgan fingerprint density at radius 3 is 2.41 bits per heavy atom. The van der Waals surface area contributed by atoms with E-state index in [4.69, 9.17) is 0 Å². The maximum atomic E-state index is 2.24. The van der Waals surface area contributed by atoms with Crippen molar-refractivity contribution in [3.05, 3.63) is 59.4 Å². The SMILES string of the molecule is C/C=C(\C=C/C=PCC)/C=C/C1=CC=C(N(C)C)CC1.CC. The van der Waals surface area contributed by atoms with Crippen molar-refractivity contribution in [2.45, 2.75) is 40.5 Å². The lowest BCUT2D eigenvalue weighted by molar-refractivity contribution is 0.484.